The molecule has 108 valence electrons. The van der Waals surface area contributed by atoms with Crippen LogP contribution in [0, 0.1) is 0 Å². The van der Waals surface area contributed by atoms with Crippen molar-refractivity contribution in [3.8, 4) is 0 Å². The molecule has 20 heavy (non-hydrogen) atoms. The number of carboxylic acid groups (broad SMARTS) is 1. The molecule has 5 nitrogen and oxygen atoms in total. The molecule has 0 aromatic heterocycles. The van der Waals surface area contributed by atoms with Gasteiger partial charge in [-0.05, 0) is 25.6 Å². The van der Waals surface area contributed by atoms with E-state index in [1.165, 1.54) is 5.56 Å². The SMILES string of the molecule is CN(CCCNC(=O)/C=C/C(=O)O)Cc1ccccc1. The zero-order valence-corrected chi connectivity index (χ0v) is 11.6. The second-order valence-corrected chi connectivity index (χ2v) is 4.54. The number of benzene rings is 1. The van der Waals surface area contributed by atoms with Gasteiger partial charge < -0.3 is 15.3 Å². The molecule has 0 spiro atoms. The Morgan fingerprint density at radius 1 is 1.25 bits per heavy atom. The van der Waals surface area contributed by atoms with Gasteiger partial charge in [0.1, 0.15) is 0 Å². The van der Waals surface area contributed by atoms with Crippen LogP contribution >= 0.6 is 0 Å². The van der Waals surface area contributed by atoms with Crippen LogP contribution in [0.15, 0.2) is 42.5 Å². The third kappa shape index (κ3) is 7.33. The van der Waals surface area contributed by atoms with E-state index >= 15 is 0 Å². The highest BCUT2D eigenvalue weighted by Gasteiger charge is 2.01. The Hall–Kier alpha value is -2.14. The normalized spacial score (nSPS) is 10.9. The van der Waals surface area contributed by atoms with E-state index in [-0.39, 0.29) is 5.91 Å². The first-order valence-electron chi connectivity index (χ1n) is 6.49. The molecular formula is C15H20N2O3. The van der Waals surface area contributed by atoms with Crippen LogP contribution in [-0.4, -0.2) is 42.0 Å². The Morgan fingerprint density at radius 3 is 2.60 bits per heavy atom. The maximum absolute atomic E-state index is 11.2. The molecule has 0 bridgehead atoms. The molecular weight excluding hydrogens is 256 g/mol. The number of carbonyl (C=O) groups excluding carboxylic acids is 1. The van der Waals surface area contributed by atoms with Crippen molar-refractivity contribution in [3.05, 3.63) is 48.0 Å². The summed E-state index contributed by atoms with van der Waals surface area (Å²) < 4.78 is 0. The third-order valence-corrected chi connectivity index (χ3v) is 2.69. The van der Waals surface area contributed by atoms with Crippen molar-refractivity contribution >= 4 is 11.9 Å². The maximum Gasteiger partial charge on any atom is 0.328 e. The second kappa shape index (κ2) is 8.87. The van der Waals surface area contributed by atoms with Crippen molar-refractivity contribution in [1.29, 1.82) is 0 Å². The molecule has 0 atom stereocenters. The van der Waals surface area contributed by atoms with Crippen molar-refractivity contribution in [2.45, 2.75) is 13.0 Å². The lowest BCUT2D eigenvalue weighted by atomic mass is 10.2. The molecule has 1 aromatic carbocycles. The van der Waals surface area contributed by atoms with Crippen LogP contribution in [0.1, 0.15) is 12.0 Å². The molecule has 0 aliphatic heterocycles. The summed E-state index contributed by atoms with van der Waals surface area (Å²) in [6, 6.07) is 10.2. The molecule has 0 saturated heterocycles. The molecule has 1 amide bonds. The fraction of sp³-hybridized carbons (Fsp3) is 0.333. The summed E-state index contributed by atoms with van der Waals surface area (Å²) in [6.45, 7) is 2.26. The second-order valence-electron chi connectivity index (χ2n) is 4.54. The maximum atomic E-state index is 11.2. The average Bonchev–Trinajstić information content (AvgIpc) is 2.42. The van der Waals surface area contributed by atoms with Crippen molar-refractivity contribution in [2.75, 3.05) is 20.1 Å². The van der Waals surface area contributed by atoms with Crippen LogP contribution < -0.4 is 5.32 Å². The molecule has 2 N–H and O–H groups in total. The average molecular weight is 276 g/mol. The fourth-order valence-corrected chi connectivity index (χ4v) is 1.74. The van der Waals surface area contributed by atoms with Gasteiger partial charge in [0.15, 0.2) is 0 Å². The summed E-state index contributed by atoms with van der Waals surface area (Å²) in [5.74, 6) is -1.50. The molecule has 0 heterocycles. The molecule has 0 fully saturated rings. The van der Waals surface area contributed by atoms with E-state index in [0.717, 1.165) is 31.7 Å². The summed E-state index contributed by atoms with van der Waals surface area (Å²) in [4.78, 5) is 23.6. The number of carbonyl (C=O) groups is 2. The van der Waals surface area contributed by atoms with E-state index in [0.29, 0.717) is 6.54 Å². The molecule has 0 aliphatic rings. The van der Waals surface area contributed by atoms with Crippen LogP contribution in [0.5, 0.6) is 0 Å². The van der Waals surface area contributed by atoms with Gasteiger partial charge in [0.2, 0.25) is 5.91 Å². The van der Waals surface area contributed by atoms with Gasteiger partial charge in [-0.25, -0.2) is 4.79 Å². The lowest BCUT2D eigenvalue weighted by molar-refractivity contribution is -0.131. The first kappa shape index (κ1) is 15.9. The summed E-state index contributed by atoms with van der Waals surface area (Å²) in [5, 5.41) is 11.0. The molecule has 0 saturated carbocycles. The van der Waals surface area contributed by atoms with Crippen LogP contribution in [0.4, 0.5) is 0 Å². The van der Waals surface area contributed by atoms with Crippen molar-refractivity contribution in [2.24, 2.45) is 0 Å². The van der Waals surface area contributed by atoms with Gasteiger partial charge >= 0.3 is 5.97 Å². The standard InChI is InChI=1S/C15H20N2O3/c1-17(12-13-6-3-2-4-7-13)11-5-10-16-14(18)8-9-15(19)20/h2-4,6-9H,5,10-12H2,1H3,(H,16,18)(H,19,20)/b9-8+. The number of rotatable bonds is 8. The minimum Gasteiger partial charge on any atom is -0.478 e. The molecule has 1 rings (SSSR count). The van der Waals surface area contributed by atoms with Gasteiger partial charge in [-0.15, -0.1) is 0 Å². The topological polar surface area (TPSA) is 69.6 Å². The van der Waals surface area contributed by atoms with E-state index in [9.17, 15) is 9.59 Å². The summed E-state index contributed by atoms with van der Waals surface area (Å²) in [6.07, 6.45) is 2.67. The van der Waals surface area contributed by atoms with E-state index in [4.69, 9.17) is 5.11 Å². The Kier molecular flexibility index (Phi) is 7.06. The Morgan fingerprint density at radius 2 is 1.95 bits per heavy atom. The number of nitrogens with one attached hydrogen (secondary N) is 1. The highest BCUT2D eigenvalue weighted by Crippen LogP contribution is 2.02. The zero-order valence-electron chi connectivity index (χ0n) is 11.6. The highest BCUT2D eigenvalue weighted by molar-refractivity contribution is 5.93. The lowest BCUT2D eigenvalue weighted by Gasteiger charge is -2.16. The summed E-state index contributed by atoms with van der Waals surface area (Å²) in [5.41, 5.74) is 1.25. The predicted molar refractivity (Wildman–Crippen MR) is 77.2 cm³/mol. The number of amides is 1. The smallest absolute Gasteiger partial charge is 0.328 e. The molecule has 0 aliphatic carbocycles. The van der Waals surface area contributed by atoms with Crippen LogP contribution in [-0.2, 0) is 16.1 Å². The summed E-state index contributed by atoms with van der Waals surface area (Å²) in [7, 11) is 2.03. The number of aliphatic carboxylic acids is 1. The molecule has 5 heteroatoms. The lowest BCUT2D eigenvalue weighted by Crippen LogP contribution is -2.27. The first-order valence-corrected chi connectivity index (χ1v) is 6.49. The molecule has 1 aromatic rings. The number of nitrogens with zero attached hydrogens (tertiary/aromatic N) is 1. The van der Waals surface area contributed by atoms with Crippen molar-refractivity contribution in [1.82, 2.24) is 10.2 Å². The van der Waals surface area contributed by atoms with Gasteiger partial charge in [0.05, 0.1) is 0 Å². The Bertz CT molecular complexity index is 457. The van der Waals surface area contributed by atoms with Gasteiger partial charge in [-0.2, -0.15) is 0 Å². The van der Waals surface area contributed by atoms with E-state index < -0.39 is 5.97 Å². The number of carboxylic acids is 1. The van der Waals surface area contributed by atoms with E-state index in [2.05, 4.69) is 22.3 Å². The van der Waals surface area contributed by atoms with Crippen LogP contribution in [0.3, 0.4) is 0 Å². The number of hydrogen-bond donors (Lipinski definition) is 2. The largest absolute Gasteiger partial charge is 0.478 e. The Balaban J connectivity index is 2.15. The quantitative estimate of drug-likeness (QED) is 0.554. The highest BCUT2D eigenvalue weighted by atomic mass is 16.4. The molecule has 0 unspecified atom stereocenters. The van der Waals surface area contributed by atoms with Crippen LogP contribution in [0.2, 0.25) is 0 Å². The van der Waals surface area contributed by atoms with Gasteiger partial charge in [-0.1, -0.05) is 30.3 Å². The minimum atomic E-state index is -1.12. The van der Waals surface area contributed by atoms with Crippen LogP contribution in [0.25, 0.3) is 0 Å². The number of hydrogen-bond acceptors (Lipinski definition) is 3. The summed E-state index contributed by atoms with van der Waals surface area (Å²) >= 11 is 0. The Labute approximate surface area is 118 Å². The van der Waals surface area contributed by atoms with E-state index in [1.54, 1.807) is 0 Å². The zero-order chi connectivity index (χ0) is 14.8. The predicted octanol–water partition coefficient (Wildman–Crippen LogP) is 1.27. The monoisotopic (exact) mass is 276 g/mol. The van der Waals surface area contributed by atoms with E-state index in [1.807, 2.05) is 25.2 Å². The third-order valence-electron chi connectivity index (χ3n) is 2.69. The minimum absolute atomic E-state index is 0.377. The fourth-order valence-electron chi connectivity index (χ4n) is 1.74. The van der Waals surface area contributed by atoms with Crippen molar-refractivity contribution in [3.63, 3.8) is 0 Å². The van der Waals surface area contributed by atoms with Gasteiger partial charge in [-0.3, -0.25) is 4.79 Å². The molecule has 0 radical (unpaired) electrons. The van der Waals surface area contributed by atoms with Gasteiger partial charge in [0, 0.05) is 25.2 Å². The first-order chi connectivity index (χ1) is 9.58. The van der Waals surface area contributed by atoms with Crippen molar-refractivity contribution < 1.29 is 14.7 Å². The van der Waals surface area contributed by atoms with Gasteiger partial charge in [0.25, 0.3) is 0 Å².